The van der Waals surface area contributed by atoms with Crippen LogP contribution in [0, 0.1) is 13.8 Å². The third-order valence-electron chi connectivity index (χ3n) is 3.72. The third kappa shape index (κ3) is 4.18. The fourth-order valence-electron chi connectivity index (χ4n) is 1.86. The Morgan fingerprint density at radius 1 is 1.24 bits per heavy atom. The molecule has 0 aliphatic rings. The molecule has 1 heterocycles. The molecule has 0 aromatic carbocycles. The zero-order valence-electron chi connectivity index (χ0n) is 12.7. The number of nitrogens with one attached hydrogen (secondary N) is 2. The van der Waals surface area contributed by atoms with Gasteiger partial charge in [-0.25, -0.2) is 9.59 Å². The number of aromatic carboxylic acids is 1. The standard InChI is InChI=1S/C14H22N2O4S/c1-5-14(20,6-2)7-15-13(19)16-11-10(12(17)18)8(3)9(4)21-11/h20H,5-7H2,1-4H3,(H,17,18)(H2,15,16,19). The van der Waals surface area contributed by atoms with Crippen molar-refractivity contribution in [1.29, 1.82) is 0 Å². The zero-order valence-corrected chi connectivity index (χ0v) is 13.6. The molecule has 0 unspecified atom stereocenters. The van der Waals surface area contributed by atoms with Crippen molar-refractivity contribution in [1.82, 2.24) is 5.32 Å². The van der Waals surface area contributed by atoms with Gasteiger partial charge in [0.05, 0.1) is 11.2 Å². The minimum atomic E-state index is -1.06. The summed E-state index contributed by atoms with van der Waals surface area (Å²) < 4.78 is 0. The number of carbonyl (C=O) groups excluding carboxylic acids is 1. The topological polar surface area (TPSA) is 98.7 Å². The molecule has 4 N–H and O–H groups in total. The van der Waals surface area contributed by atoms with Gasteiger partial charge in [-0.15, -0.1) is 11.3 Å². The van der Waals surface area contributed by atoms with Crippen molar-refractivity contribution < 1.29 is 19.8 Å². The predicted molar refractivity (Wildman–Crippen MR) is 83.3 cm³/mol. The first-order valence-electron chi connectivity index (χ1n) is 6.84. The van der Waals surface area contributed by atoms with Crippen LogP contribution >= 0.6 is 11.3 Å². The molecule has 1 aromatic rings. The smallest absolute Gasteiger partial charge is 0.338 e. The predicted octanol–water partition coefficient (Wildman–Crippen LogP) is 2.74. The van der Waals surface area contributed by atoms with E-state index in [1.165, 1.54) is 11.3 Å². The lowest BCUT2D eigenvalue weighted by Crippen LogP contribution is -2.43. The number of amides is 2. The molecule has 0 fully saturated rings. The van der Waals surface area contributed by atoms with Crippen LogP contribution in [-0.2, 0) is 0 Å². The molecule has 6 nitrogen and oxygen atoms in total. The second-order valence-corrected chi connectivity index (χ2v) is 6.26. The Labute approximate surface area is 128 Å². The van der Waals surface area contributed by atoms with Crippen molar-refractivity contribution in [3.05, 3.63) is 16.0 Å². The maximum Gasteiger partial charge on any atom is 0.338 e. The van der Waals surface area contributed by atoms with Crippen LogP contribution in [-0.4, -0.2) is 34.4 Å². The molecule has 7 heteroatoms. The van der Waals surface area contributed by atoms with E-state index < -0.39 is 17.6 Å². The van der Waals surface area contributed by atoms with Gasteiger partial charge >= 0.3 is 12.0 Å². The fourth-order valence-corrected chi connectivity index (χ4v) is 2.91. The zero-order chi connectivity index (χ0) is 16.2. The van der Waals surface area contributed by atoms with Crippen molar-refractivity contribution in [2.45, 2.75) is 46.1 Å². The number of hydrogen-bond acceptors (Lipinski definition) is 4. The molecule has 21 heavy (non-hydrogen) atoms. The molecule has 1 rings (SSSR count). The quantitative estimate of drug-likeness (QED) is 0.649. The SMILES string of the molecule is CCC(O)(CC)CNC(=O)Nc1sc(C)c(C)c1C(=O)O. The van der Waals surface area contributed by atoms with Gasteiger partial charge in [-0.3, -0.25) is 5.32 Å². The van der Waals surface area contributed by atoms with Crippen molar-refractivity contribution in [2.24, 2.45) is 0 Å². The average Bonchev–Trinajstić information content (AvgIpc) is 2.71. The molecule has 0 bridgehead atoms. The Balaban J connectivity index is 2.76. The van der Waals surface area contributed by atoms with Gasteiger partial charge in [0, 0.05) is 11.4 Å². The summed E-state index contributed by atoms with van der Waals surface area (Å²) >= 11 is 1.23. The first-order chi connectivity index (χ1) is 9.74. The van der Waals surface area contributed by atoms with Gasteiger partial charge in [-0.05, 0) is 32.3 Å². The first kappa shape index (κ1) is 17.5. The Morgan fingerprint density at radius 3 is 2.29 bits per heavy atom. The summed E-state index contributed by atoms with van der Waals surface area (Å²) in [5.74, 6) is -1.06. The number of aryl methyl sites for hydroxylation is 1. The summed E-state index contributed by atoms with van der Waals surface area (Å²) in [5.41, 5.74) is -0.163. The van der Waals surface area contributed by atoms with Crippen molar-refractivity contribution >= 4 is 28.3 Å². The van der Waals surface area contributed by atoms with Crippen LogP contribution in [0.5, 0.6) is 0 Å². The summed E-state index contributed by atoms with van der Waals surface area (Å²) in [6.45, 7) is 7.33. The molecule has 0 radical (unpaired) electrons. The lowest BCUT2D eigenvalue weighted by molar-refractivity contribution is 0.0354. The maximum absolute atomic E-state index is 11.9. The molecule has 0 saturated carbocycles. The van der Waals surface area contributed by atoms with Crippen molar-refractivity contribution in [3.8, 4) is 0 Å². The average molecular weight is 314 g/mol. The van der Waals surface area contributed by atoms with E-state index in [0.717, 1.165) is 4.88 Å². The molecule has 0 atom stereocenters. The van der Waals surface area contributed by atoms with Gasteiger partial charge in [-0.1, -0.05) is 13.8 Å². The minimum Gasteiger partial charge on any atom is -0.478 e. The maximum atomic E-state index is 11.9. The van der Waals surface area contributed by atoms with E-state index in [4.69, 9.17) is 0 Å². The highest BCUT2D eigenvalue weighted by atomic mass is 32.1. The van der Waals surface area contributed by atoms with Crippen molar-refractivity contribution in [2.75, 3.05) is 11.9 Å². The second kappa shape index (κ2) is 6.91. The van der Waals surface area contributed by atoms with Crippen LogP contribution < -0.4 is 10.6 Å². The molecule has 2 amide bonds. The Kier molecular flexibility index (Phi) is 5.74. The number of thiophene rings is 1. The van der Waals surface area contributed by atoms with E-state index in [1.807, 2.05) is 20.8 Å². The number of hydrogen-bond donors (Lipinski definition) is 4. The van der Waals surface area contributed by atoms with Crippen LogP contribution in [0.3, 0.4) is 0 Å². The first-order valence-corrected chi connectivity index (χ1v) is 7.66. The van der Waals surface area contributed by atoms with E-state index in [2.05, 4.69) is 10.6 Å². The molecule has 0 saturated heterocycles. The molecule has 1 aromatic heterocycles. The Hall–Kier alpha value is -1.60. The minimum absolute atomic E-state index is 0.119. The molecule has 0 aliphatic heterocycles. The summed E-state index contributed by atoms with van der Waals surface area (Å²) in [5, 5.41) is 24.7. The third-order valence-corrected chi connectivity index (χ3v) is 4.84. The van der Waals surface area contributed by atoms with Gasteiger partial charge in [0.1, 0.15) is 5.00 Å². The molecule has 0 spiro atoms. The summed E-state index contributed by atoms with van der Waals surface area (Å²) in [6, 6.07) is -0.515. The normalized spacial score (nSPS) is 11.3. The van der Waals surface area contributed by atoms with E-state index in [0.29, 0.717) is 23.4 Å². The van der Waals surface area contributed by atoms with Crippen LogP contribution in [0.4, 0.5) is 9.80 Å². The summed E-state index contributed by atoms with van der Waals surface area (Å²) in [4.78, 5) is 24.0. The van der Waals surface area contributed by atoms with Gasteiger partial charge in [-0.2, -0.15) is 0 Å². The fraction of sp³-hybridized carbons (Fsp3) is 0.571. The van der Waals surface area contributed by atoms with Gasteiger partial charge < -0.3 is 15.5 Å². The van der Waals surface area contributed by atoms with E-state index in [-0.39, 0.29) is 12.1 Å². The van der Waals surface area contributed by atoms with Crippen LogP contribution in [0.15, 0.2) is 0 Å². The Bertz CT molecular complexity index is 535. The van der Waals surface area contributed by atoms with Crippen LogP contribution in [0.1, 0.15) is 47.5 Å². The lowest BCUT2D eigenvalue weighted by atomic mass is 9.98. The number of anilines is 1. The number of carboxylic acids is 1. The molecular weight excluding hydrogens is 292 g/mol. The van der Waals surface area contributed by atoms with Crippen LogP contribution in [0.25, 0.3) is 0 Å². The summed E-state index contributed by atoms with van der Waals surface area (Å²) in [7, 11) is 0. The number of carbonyl (C=O) groups is 2. The number of aliphatic hydroxyl groups is 1. The molecule has 118 valence electrons. The van der Waals surface area contributed by atoms with E-state index in [9.17, 15) is 19.8 Å². The van der Waals surface area contributed by atoms with Gasteiger partial charge in [0.25, 0.3) is 0 Å². The van der Waals surface area contributed by atoms with E-state index in [1.54, 1.807) is 6.92 Å². The highest BCUT2D eigenvalue weighted by Gasteiger charge is 2.24. The summed E-state index contributed by atoms with van der Waals surface area (Å²) in [6.07, 6.45) is 1.06. The lowest BCUT2D eigenvalue weighted by Gasteiger charge is -2.25. The molecule has 0 aliphatic carbocycles. The number of urea groups is 1. The monoisotopic (exact) mass is 314 g/mol. The number of rotatable bonds is 6. The second-order valence-electron chi connectivity index (χ2n) is 5.03. The highest BCUT2D eigenvalue weighted by molar-refractivity contribution is 7.16. The largest absolute Gasteiger partial charge is 0.478 e. The highest BCUT2D eigenvalue weighted by Crippen LogP contribution is 2.32. The van der Waals surface area contributed by atoms with Gasteiger partial charge in [0.2, 0.25) is 0 Å². The van der Waals surface area contributed by atoms with E-state index >= 15 is 0 Å². The molecular formula is C14H22N2O4S. The van der Waals surface area contributed by atoms with Crippen LogP contribution in [0.2, 0.25) is 0 Å². The van der Waals surface area contributed by atoms with Crippen molar-refractivity contribution in [3.63, 3.8) is 0 Å². The van der Waals surface area contributed by atoms with Gasteiger partial charge in [0.15, 0.2) is 0 Å². The Morgan fingerprint density at radius 2 is 1.81 bits per heavy atom. The number of carboxylic acid groups (broad SMARTS) is 1.